The maximum atomic E-state index is 4.93. The molecule has 1 aromatic heterocycles. The summed E-state index contributed by atoms with van der Waals surface area (Å²) >= 11 is 1.86. The molecule has 0 amide bonds. The van der Waals surface area contributed by atoms with Crippen LogP contribution in [0.4, 0.5) is 5.13 Å². The van der Waals surface area contributed by atoms with Gasteiger partial charge in [0.2, 0.25) is 0 Å². The number of anilines is 1. The van der Waals surface area contributed by atoms with Crippen LogP contribution in [0.2, 0.25) is 0 Å². The van der Waals surface area contributed by atoms with E-state index >= 15 is 0 Å². The van der Waals surface area contributed by atoms with Gasteiger partial charge in [-0.25, -0.2) is 4.98 Å². The van der Waals surface area contributed by atoms with Crippen LogP contribution in [0.5, 0.6) is 0 Å². The van der Waals surface area contributed by atoms with Crippen LogP contribution in [-0.4, -0.2) is 23.6 Å². The number of hydrogen-bond donors (Lipinski definition) is 1. The summed E-state index contributed by atoms with van der Waals surface area (Å²) in [6, 6.07) is 1.06. The summed E-state index contributed by atoms with van der Waals surface area (Å²) in [6.07, 6.45) is 1.16. The molecule has 1 N–H and O–H groups in total. The minimum Gasteiger partial charge on any atom is -0.346 e. The standard InChI is InChI=1S/C16H31N3S/c1-8-13(7)19(9-2)16-18-15(11(3)4)14(20-16)10-17-12(5)6/h11-13,17H,8-10H2,1-7H3. The van der Waals surface area contributed by atoms with Gasteiger partial charge in [-0.15, -0.1) is 11.3 Å². The Kier molecular flexibility index (Phi) is 6.96. The van der Waals surface area contributed by atoms with E-state index in [2.05, 4.69) is 58.7 Å². The predicted octanol–water partition coefficient (Wildman–Crippen LogP) is 4.39. The first-order valence-corrected chi connectivity index (χ1v) is 8.71. The average Bonchev–Trinajstić information content (AvgIpc) is 2.81. The van der Waals surface area contributed by atoms with E-state index in [0.29, 0.717) is 18.0 Å². The van der Waals surface area contributed by atoms with E-state index in [-0.39, 0.29) is 0 Å². The fraction of sp³-hybridized carbons (Fsp3) is 0.812. The van der Waals surface area contributed by atoms with Gasteiger partial charge in [0, 0.05) is 30.1 Å². The van der Waals surface area contributed by atoms with Gasteiger partial charge in [-0.2, -0.15) is 0 Å². The monoisotopic (exact) mass is 297 g/mol. The maximum absolute atomic E-state index is 4.93. The molecule has 0 aliphatic heterocycles. The van der Waals surface area contributed by atoms with Gasteiger partial charge in [-0.3, -0.25) is 0 Å². The molecule has 0 fully saturated rings. The van der Waals surface area contributed by atoms with Gasteiger partial charge in [0.15, 0.2) is 5.13 Å². The van der Waals surface area contributed by atoms with Gasteiger partial charge in [-0.1, -0.05) is 34.6 Å². The molecule has 0 radical (unpaired) electrons. The summed E-state index contributed by atoms with van der Waals surface area (Å²) in [5.41, 5.74) is 1.26. The first-order chi connectivity index (χ1) is 9.40. The van der Waals surface area contributed by atoms with Crippen molar-refractivity contribution >= 4 is 16.5 Å². The first kappa shape index (κ1) is 17.4. The molecule has 0 aliphatic carbocycles. The van der Waals surface area contributed by atoms with Crippen molar-refractivity contribution < 1.29 is 0 Å². The number of hydrogen-bond acceptors (Lipinski definition) is 4. The summed E-state index contributed by atoms with van der Waals surface area (Å²) in [5, 5.41) is 4.71. The minimum atomic E-state index is 0.486. The van der Waals surface area contributed by atoms with Gasteiger partial charge >= 0.3 is 0 Å². The molecular weight excluding hydrogens is 266 g/mol. The van der Waals surface area contributed by atoms with E-state index in [9.17, 15) is 0 Å². The smallest absolute Gasteiger partial charge is 0.186 e. The van der Waals surface area contributed by atoms with Crippen molar-refractivity contribution in [2.75, 3.05) is 11.4 Å². The number of thiazole rings is 1. The third-order valence-corrected chi connectivity index (χ3v) is 4.75. The molecule has 3 nitrogen and oxygen atoms in total. The molecule has 0 spiro atoms. The molecule has 1 rings (SSSR count). The zero-order valence-corrected chi connectivity index (χ0v) is 15.0. The molecule has 1 unspecified atom stereocenters. The maximum Gasteiger partial charge on any atom is 0.186 e. The fourth-order valence-corrected chi connectivity index (χ4v) is 3.54. The Hall–Kier alpha value is -0.610. The van der Waals surface area contributed by atoms with E-state index in [0.717, 1.165) is 19.5 Å². The van der Waals surface area contributed by atoms with Crippen LogP contribution >= 0.6 is 11.3 Å². The molecule has 1 aromatic rings. The highest BCUT2D eigenvalue weighted by atomic mass is 32.1. The summed E-state index contributed by atoms with van der Waals surface area (Å²) in [6.45, 7) is 17.5. The number of nitrogens with zero attached hydrogens (tertiary/aromatic N) is 2. The van der Waals surface area contributed by atoms with Crippen molar-refractivity contribution in [2.45, 2.75) is 79.4 Å². The second-order valence-corrected chi connectivity index (χ2v) is 7.10. The highest BCUT2D eigenvalue weighted by molar-refractivity contribution is 7.15. The summed E-state index contributed by atoms with van der Waals surface area (Å²) in [4.78, 5) is 8.75. The van der Waals surface area contributed by atoms with Gasteiger partial charge < -0.3 is 10.2 Å². The van der Waals surface area contributed by atoms with E-state index in [1.807, 2.05) is 11.3 Å². The molecule has 0 aliphatic rings. The number of aromatic nitrogens is 1. The normalized spacial score (nSPS) is 13.2. The van der Waals surface area contributed by atoms with Crippen LogP contribution in [0, 0.1) is 0 Å². The van der Waals surface area contributed by atoms with Crippen molar-refractivity contribution in [2.24, 2.45) is 0 Å². The summed E-state index contributed by atoms with van der Waals surface area (Å²) in [7, 11) is 0. The highest BCUT2D eigenvalue weighted by Gasteiger charge is 2.20. The average molecular weight is 298 g/mol. The Labute approximate surface area is 128 Å². The van der Waals surface area contributed by atoms with Crippen molar-refractivity contribution in [3.8, 4) is 0 Å². The number of nitrogens with one attached hydrogen (secondary N) is 1. The van der Waals surface area contributed by atoms with Gasteiger partial charge in [0.25, 0.3) is 0 Å². The lowest BCUT2D eigenvalue weighted by Gasteiger charge is -2.26. The van der Waals surface area contributed by atoms with E-state index in [1.165, 1.54) is 15.7 Å². The lowest BCUT2D eigenvalue weighted by atomic mass is 10.1. The molecule has 116 valence electrons. The molecule has 1 heterocycles. The Bertz CT molecular complexity index is 398. The SMILES string of the molecule is CCC(C)N(CC)c1nc(C(C)C)c(CNC(C)C)s1. The van der Waals surface area contributed by atoms with Crippen molar-refractivity contribution in [3.63, 3.8) is 0 Å². The van der Waals surface area contributed by atoms with Crippen LogP contribution in [0.25, 0.3) is 0 Å². The first-order valence-electron chi connectivity index (χ1n) is 7.90. The Morgan fingerprint density at radius 1 is 1.15 bits per heavy atom. The lowest BCUT2D eigenvalue weighted by molar-refractivity contribution is 0.587. The van der Waals surface area contributed by atoms with Crippen molar-refractivity contribution in [1.82, 2.24) is 10.3 Å². The third-order valence-electron chi connectivity index (χ3n) is 3.64. The molecule has 0 saturated carbocycles. The minimum absolute atomic E-state index is 0.486. The zero-order valence-electron chi connectivity index (χ0n) is 14.2. The topological polar surface area (TPSA) is 28.2 Å². The second kappa shape index (κ2) is 7.99. The van der Waals surface area contributed by atoms with Crippen LogP contribution in [-0.2, 0) is 6.54 Å². The summed E-state index contributed by atoms with van der Waals surface area (Å²) in [5.74, 6) is 0.486. The molecule has 1 atom stereocenters. The zero-order chi connectivity index (χ0) is 15.3. The highest BCUT2D eigenvalue weighted by Crippen LogP contribution is 2.32. The third kappa shape index (κ3) is 4.45. The second-order valence-electron chi connectivity index (χ2n) is 6.04. The van der Waals surface area contributed by atoms with Gasteiger partial charge in [0.05, 0.1) is 5.69 Å². The van der Waals surface area contributed by atoms with E-state index < -0.39 is 0 Å². The van der Waals surface area contributed by atoms with Gasteiger partial charge in [-0.05, 0) is 26.2 Å². The largest absolute Gasteiger partial charge is 0.346 e. The quantitative estimate of drug-likeness (QED) is 0.771. The Morgan fingerprint density at radius 2 is 1.80 bits per heavy atom. The van der Waals surface area contributed by atoms with Crippen LogP contribution in [0.15, 0.2) is 0 Å². The van der Waals surface area contributed by atoms with Gasteiger partial charge in [0.1, 0.15) is 0 Å². The lowest BCUT2D eigenvalue weighted by Crippen LogP contribution is -2.32. The predicted molar refractivity (Wildman–Crippen MR) is 91.0 cm³/mol. The molecule has 0 bridgehead atoms. The fourth-order valence-electron chi connectivity index (χ4n) is 2.20. The Morgan fingerprint density at radius 3 is 2.25 bits per heavy atom. The van der Waals surface area contributed by atoms with Crippen LogP contribution in [0.1, 0.15) is 71.4 Å². The number of rotatable bonds is 8. The van der Waals surface area contributed by atoms with Crippen molar-refractivity contribution in [3.05, 3.63) is 10.6 Å². The molecule has 20 heavy (non-hydrogen) atoms. The molecule has 4 heteroatoms. The van der Waals surface area contributed by atoms with Crippen LogP contribution < -0.4 is 10.2 Å². The summed E-state index contributed by atoms with van der Waals surface area (Å²) < 4.78 is 0. The van der Waals surface area contributed by atoms with Crippen LogP contribution in [0.3, 0.4) is 0 Å². The molecule has 0 saturated heterocycles. The van der Waals surface area contributed by atoms with E-state index in [4.69, 9.17) is 4.98 Å². The Balaban J connectivity index is 3.00. The molecule has 0 aromatic carbocycles. The molecular formula is C16H31N3S. The van der Waals surface area contributed by atoms with Crippen molar-refractivity contribution in [1.29, 1.82) is 0 Å². The van der Waals surface area contributed by atoms with E-state index in [1.54, 1.807) is 0 Å².